The van der Waals surface area contributed by atoms with Crippen molar-refractivity contribution >= 4 is 17.7 Å². The molecule has 1 saturated heterocycles. The lowest BCUT2D eigenvalue weighted by Gasteiger charge is -2.38. The Bertz CT molecular complexity index is 441. The van der Waals surface area contributed by atoms with E-state index < -0.39 is 5.97 Å². The summed E-state index contributed by atoms with van der Waals surface area (Å²) in [5, 5.41) is 17.3. The van der Waals surface area contributed by atoms with E-state index in [2.05, 4.69) is 29.1 Å². The number of aliphatic carboxylic acids is 1. The zero-order valence-corrected chi connectivity index (χ0v) is 12.2. The Morgan fingerprint density at radius 2 is 2.21 bits per heavy atom. The second kappa shape index (κ2) is 5.92. The maximum atomic E-state index is 10.6. The fraction of sp³-hybridized carbons (Fsp3) is 0.750. The number of aromatic nitrogens is 3. The minimum absolute atomic E-state index is 0.0259. The van der Waals surface area contributed by atoms with Crippen molar-refractivity contribution in [2.45, 2.75) is 31.5 Å². The molecule has 106 valence electrons. The largest absolute Gasteiger partial charge is 0.481 e. The summed E-state index contributed by atoms with van der Waals surface area (Å²) in [5.74, 6) is -0.803. The van der Waals surface area contributed by atoms with Crippen LogP contribution in [-0.4, -0.2) is 56.6 Å². The highest BCUT2D eigenvalue weighted by Gasteiger charge is 2.30. The quantitative estimate of drug-likeness (QED) is 0.819. The lowest BCUT2D eigenvalue weighted by Crippen LogP contribution is -2.38. The Kier molecular flexibility index (Phi) is 4.46. The van der Waals surface area contributed by atoms with Crippen molar-refractivity contribution in [1.29, 1.82) is 0 Å². The molecule has 1 aromatic rings. The third-order valence-electron chi connectivity index (χ3n) is 3.65. The average Bonchev–Trinajstić information content (AvgIpc) is 2.78. The zero-order valence-electron chi connectivity index (χ0n) is 11.4. The van der Waals surface area contributed by atoms with Crippen LogP contribution in [0.5, 0.6) is 0 Å². The molecule has 0 unspecified atom stereocenters. The molecule has 0 radical (unpaired) electrons. The topological polar surface area (TPSA) is 71.2 Å². The van der Waals surface area contributed by atoms with Gasteiger partial charge in [-0.1, -0.05) is 18.7 Å². The summed E-state index contributed by atoms with van der Waals surface area (Å²) in [6.07, 6.45) is 3.99. The molecular formula is C12H20N4O2S. The lowest BCUT2D eigenvalue weighted by molar-refractivity contribution is -0.133. The molecule has 0 bridgehead atoms. The molecule has 6 nitrogen and oxygen atoms in total. The Labute approximate surface area is 117 Å². The number of rotatable bonds is 5. The zero-order chi connectivity index (χ0) is 13.9. The molecule has 1 fully saturated rings. The third-order valence-corrected chi connectivity index (χ3v) is 4.62. The molecule has 1 aromatic heterocycles. The third kappa shape index (κ3) is 3.94. The highest BCUT2D eigenvalue weighted by atomic mass is 32.2. The standard InChI is InChI=1S/C12H20N4O2S/c1-12(3-5-15(2)6-4-12)8-16-9-13-14-11(16)19-7-10(17)18/h9H,3-8H2,1-2H3,(H,17,18). The number of piperidine rings is 1. The first-order valence-corrected chi connectivity index (χ1v) is 7.38. The van der Waals surface area contributed by atoms with Gasteiger partial charge in [0.1, 0.15) is 6.33 Å². The molecule has 0 aliphatic carbocycles. The van der Waals surface area contributed by atoms with Gasteiger partial charge in [0.05, 0.1) is 5.75 Å². The first-order valence-electron chi connectivity index (χ1n) is 6.39. The van der Waals surface area contributed by atoms with Crippen molar-refractivity contribution in [1.82, 2.24) is 19.7 Å². The molecular weight excluding hydrogens is 264 g/mol. The predicted molar refractivity (Wildman–Crippen MR) is 73.2 cm³/mol. The van der Waals surface area contributed by atoms with Gasteiger partial charge in [0.2, 0.25) is 0 Å². The number of nitrogens with zero attached hydrogens (tertiary/aromatic N) is 4. The second-order valence-corrected chi connectivity index (χ2v) is 6.48. The smallest absolute Gasteiger partial charge is 0.313 e. The van der Waals surface area contributed by atoms with E-state index in [1.54, 1.807) is 6.33 Å². The van der Waals surface area contributed by atoms with Gasteiger partial charge in [-0.05, 0) is 38.4 Å². The maximum Gasteiger partial charge on any atom is 0.313 e. The summed E-state index contributed by atoms with van der Waals surface area (Å²) < 4.78 is 1.99. The number of carbonyl (C=O) groups is 1. The van der Waals surface area contributed by atoms with Crippen LogP contribution < -0.4 is 0 Å². The van der Waals surface area contributed by atoms with E-state index >= 15 is 0 Å². The monoisotopic (exact) mass is 284 g/mol. The molecule has 19 heavy (non-hydrogen) atoms. The number of likely N-dealkylation sites (tertiary alicyclic amines) is 1. The molecule has 0 aromatic carbocycles. The molecule has 0 saturated carbocycles. The van der Waals surface area contributed by atoms with Crippen LogP contribution in [0.15, 0.2) is 11.5 Å². The molecule has 2 rings (SSSR count). The molecule has 1 aliphatic rings. The van der Waals surface area contributed by atoms with Crippen LogP contribution in [0, 0.1) is 5.41 Å². The highest BCUT2D eigenvalue weighted by molar-refractivity contribution is 7.99. The lowest BCUT2D eigenvalue weighted by atomic mass is 9.80. The Balaban J connectivity index is 1.98. The normalized spacial score (nSPS) is 19.5. The van der Waals surface area contributed by atoms with Gasteiger partial charge in [-0.3, -0.25) is 4.79 Å². The van der Waals surface area contributed by atoms with Gasteiger partial charge in [0.15, 0.2) is 5.16 Å². The molecule has 1 N–H and O–H groups in total. The number of hydrogen-bond donors (Lipinski definition) is 1. The molecule has 1 aliphatic heterocycles. The summed E-state index contributed by atoms with van der Waals surface area (Å²) in [5.41, 5.74) is 0.243. The molecule has 7 heteroatoms. The fourth-order valence-corrected chi connectivity index (χ4v) is 2.95. The molecule has 0 spiro atoms. The average molecular weight is 284 g/mol. The molecule has 0 atom stereocenters. The fourth-order valence-electron chi connectivity index (χ4n) is 2.32. The Morgan fingerprint density at radius 3 is 2.84 bits per heavy atom. The van der Waals surface area contributed by atoms with Gasteiger partial charge in [0.25, 0.3) is 0 Å². The number of carboxylic acids is 1. The Morgan fingerprint density at radius 1 is 1.53 bits per heavy atom. The van der Waals surface area contributed by atoms with E-state index in [1.165, 1.54) is 11.8 Å². The van der Waals surface area contributed by atoms with Crippen molar-refractivity contribution in [3.8, 4) is 0 Å². The van der Waals surface area contributed by atoms with Crippen LogP contribution in [0.3, 0.4) is 0 Å². The number of carboxylic acid groups (broad SMARTS) is 1. The van der Waals surface area contributed by atoms with Crippen LogP contribution >= 0.6 is 11.8 Å². The summed E-state index contributed by atoms with van der Waals surface area (Å²) >= 11 is 1.23. The van der Waals surface area contributed by atoms with Crippen LogP contribution in [-0.2, 0) is 11.3 Å². The van der Waals surface area contributed by atoms with Crippen LogP contribution in [0.4, 0.5) is 0 Å². The summed E-state index contributed by atoms with van der Waals surface area (Å²) in [6.45, 7) is 5.36. The van der Waals surface area contributed by atoms with Gasteiger partial charge in [0, 0.05) is 6.54 Å². The number of thioether (sulfide) groups is 1. The molecule has 2 heterocycles. The summed E-state index contributed by atoms with van der Waals surface area (Å²) in [4.78, 5) is 13.0. The van der Waals surface area contributed by atoms with E-state index in [-0.39, 0.29) is 11.2 Å². The van der Waals surface area contributed by atoms with Gasteiger partial charge in [-0.15, -0.1) is 10.2 Å². The van der Waals surface area contributed by atoms with Crippen molar-refractivity contribution < 1.29 is 9.90 Å². The first kappa shape index (κ1) is 14.3. The van der Waals surface area contributed by atoms with Crippen molar-refractivity contribution in [3.63, 3.8) is 0 Å². The summed E-state index contributed by atoms with van der Waals surface area (Å²) in [6, 6.07) is 0. The van der Waals surface area contributed by atoms with Gasteiger partial charge in [-0.25, -0.2) is 0 Å². The van der Waals surface area contributed by atoms with E-state index in [0.717, 1.165) is 32.5 Å². The second-order valence-electron chi connectivity index (χ2n) is 5.54. The van der Waals surface area contributed by atoms with Crippen molar-refractivity contribution in [2.24, 2.45) is 5.41 Å². The van der Waals surface area contributed by atoms with Crippen molar-refractivity contribution in [2.75, 3.05) is 25.9 Å². The van der Waals surface area contributed by atoms with Crippen molar-refractivity contribution in [3.05, 3.63) is 6.33 Å². The minimum atomic E-state index is -0.829. The van der Waals surface area contributed by atoms with Gasteiger partial charge < -0.3 is 14.6 Å². The van der Waals surface area contributed by atoms with E-state index in [1.807, 2.05) is 4.57 Å². The van der Waals surface area contributed by atoms with Crippen LogP contribution in [0.2, 0.25) is 0 Å². The van der Waals surface area contributed by atoms with Crippen LogP contribution in [0.25, 0.3) is 0 Å². The maximum absolute atomic E-state index is 10.6. The molecule has 0 amide bonds. The summed E-state index contributed by atoms with van der Waals surface area (Å²) in [7, 11) is 2.15. The Hall–Kier alpha value is -1.08. The predicted octanol–water partition coefficient (Wildman–Crippen LogP) is 1.19. The SMILES string of the molecule is CN1CCC(C)(Cn2cnnc2SCC(=O)O)CC1. The van der Waals surface area contributed by atoms with Gasteiger partial charge in [-0.2, -0.15) is 0 Å². The number of hydrogen-bond acceptors (Lipinski definition) is 5. The first-order chi connectivity index (χ1) is 8.98. The van der Waals surface area contributed by atoms with Gasteiger partial charge >= 0.3 is 5.97 Å². The van der Waals surface area contributed by atoms with E-state index in [0.29, 0.717) is 5.16 Å². The van der Waals surface area contributed by atoms with E-state index in [4.69, 9.17) is 5.11 Å². The van der Waals surface area contributed by atoms with Crippen LogP contribution in [0.1, 0.15) is 19.8 Å². The minimum Gasteiger partial charge on any atom is -0.481 e. The highest BCUT2D eigenvalue weighted by Crippen LogP contribution is 2.33. The van der Waals surface area contributed by atoms with E-state index in [9.17, 15) is 4.79 Å².